The molecule has 0 radical (unpaired) electrons. The fourth-order valence-corrected chi connectivity index (χ4v) is 2.91. The van der Waals surface area contributed by atoms with Crippen LogP contribution >= 0.6 is 0 Å². The van der Waals surface area contributed by atoms with Crippen molar-refractivity contribution in [3.05, 3.63) is 47.0 Å². The van der Waals surface area contributed by atoms with Crippen molar-refractivity contribution >= 4 is 10.8 Å². The summed E-state index contributed by atoms with van der Waals surface area (Å²) in [5, 5.41) is 2.72. The van der Waals surface area contributed by atoms with E-state index in [9.17, 15) is 0 Å². The van der Waals surface area contributed by atoms with E-state index in [0.29, 0.717) is 0 Å². The van der Waals surface area contributed by atoms with Gasteiger partial charge in [-0.05, 0) is 47.2 Å². The van der Waals surface area contributed by atoms with E-state index in [4.69, 9.17) is 5.73 Å². The second-order valence-corrected chi connectivity index (χ2v) is 5.28. The lowest BCUT2D eigenvalue weighted by Crippen LogP contribution is -2.16. The molecule has 1 nitrogen and oxygen atoms in total. The van der Waals surface area contributed by atoms with Gasteiger partial charge >= 0.3 is 0 Å². The summed E-state index contributed by atoms with van der Waals surface area (Å²) in [6.45, 7) is 2.14. The van der Waals surface area contributed by atoms with Crippen molar-refractivity contribution in [3.63, 3.8) is 0 Å². The van der Waals surface area contributed by atoms with Gasteiger partial charge in [0.1, 0.15) is 0 Å². The second-order valence-electron chi connectivity index (χ2n) is 5.28. The fourth-order valence-electron chi connectivity index (χ4n) is 2.91. The Morgan fingerprint density at radius 3 is 2.74 bits per heavy atom. The van der Waals surface area contributed by atoms with Crippen LogP contribution in [0.1, 0.15) is 36.5 Å². The van der Waals surface area contributed by atoms with Crippen molar-refractivity contribution in [1.29, 1.82) is 0 Å². The molecule has 19 heavy (non-hydrogen) atoms. The predicted octanol–water partition coefficient (Wildman–Crippen LogP) is 3.42. The Morgan fingerprint density at radius 1 is 1.16 bits per heavy atom. The van der Waals surface area contributed by atoms with Crippen molar-refractivity contribution < 1.29 is 0 Å². The summed E-state index contributed by atoms with van der Waals surface area (Å²) in [7, 11) is 0. The molecule has 96 valence electrons. The molecule has 1 aliphatic rings. The van der Waals surface area contributed by atoms with Gasteiger partial charge in [0, 0.05) is 5.56 Å². The van der Waals surface area contributed by atoms with Gasteiger partial charge < -0.3 is 5.73 Å². The van der Waals surface area contributed by atoms with E-state index in [2.05, 4.69) is 49.1 Å². The van der Waals surface area contributed by atoms with Crippen molar-refractivity contribution in [2.24, 2.45) is 5.73 Å². The Balaban J connectivity index is 2.06. The Morgan fingerprint density at radius 2 is 1.95 bits per heavy atom. The van der Waals surface area contributed by atoms with Crippen LogP contribution in [0.15, 0.2) is 30.3 Å². The first kappa shape index (κ1) is 12.3. The quantitative estimate of drug-likeness (QED) is 0.811. The maximum Gasteiger partial charge on any atom is 0.0668 e. The highest BCUT2D eigenvalue weighted by molar-refractivity contribution is 5.94. The second kappa shape index (κ2) is 5.07. The molecule has 0 aliphatic heterocycles. The first-order valence-corrected chi connectivity index (χ1v) is 7.10. The number of hydrogen-bond donors (Lipinski definition) is 1. The van der Waals surface area contributed by atoms with Gasteiger partial charge in [-0.3, -0.25) is 0 Å². The van der Waals surface area contributed by atoms with Crippen LogP contribution in [-0.2, 0) is 12.8 Å². The van der Waals surface area contributed by atoms with E-state index in [-0.39, 0.29) is 6.04 Å². The molecule has 0 saturated heterocycles. The third-order valence-corrected chi connectivity index (χ3v) is 3.87. The average Bonchev–Trinajstić information content (AvgIpc) is 2.84. The van der Waals surface area contributed by atoms with Crippen LogP contribution in [0.4, 0.5) is 0 Å². The molecule has 0 spiro atoms. The molecule has 0 fully saturated rings. The molecule has 0 aromatic heterocycles. The normalized spacial score (nSPS) is 14.2. The summed E-state index contributed by atoms with van der Waals surface area (Å²) in [4.78, 5) is 0. The van der Waals surface area contributed by atoms with Gasteiger partial charge in [0.25, 0.3) is 0 Å². The van der Waals surface area contributed by atoms with Crippen molar-refractivity contribution in [2.75, 3.05) is 0 Å². The summed E-state index contributed by atoms with van der Waals surface area (Å²) < 4.78 is 0. The zero-order chi connectivity index (χ0) is 13.2. The maximum atomic E-state index is 5.97. The lowest BCUT2D eigenvalue weighted by Gasteiger charge is -2.04. The summed E-state index contributed by atoms with van der Waals surface area (Å²) in [5.41, 5.74) is 10.0. The minimum atomic E-state index is -0.00645. The highest BCUT2D eigenvalue weighted by Gasteiger charge is 2.14. The molecule has 0 heterocycles. The number of hydrogen-bond acceptors (Lipinski definition) is 1. The minimum Gasteiger partial charge on any atom is -0.318 e. The molecule has 1 aliphatic carbocycles. The van der Waals surface area contributed by atoms with Crippen molar-refractivity contribution in [3.8, 4) is 11.8 Å². The maximum absolute atomic E-state index is 5.97. The molecule has 2 N–H and O–H groups in total. The van der Waals surface area contributed by atoms with E-state index < -0.39 is 0 Å². The number of nitrogens with two attached hydrogens (primary N) is 1. The first-order valence-electron chi connectivity index (χ1n) is 7.10. The van der Waals surface area contributed by atoms with Gasteiger partial charge in [-0.15, -0.1) is 0 Å². The van der Waals surface area contributed by atoms with Crippen LogP contribution < -0.4 is 5.73 Å². The molecule has 2 aromatic carbocycles. The van der Waals surface area contributed by atoms with E-state index >= 15 is 0 Å². The predicted molar refractivity (Wildman–Crippen MR) is 81.1 cm³/mol. The zero-order valence-electron chi connectivity index (χ0n) is 11.4. The standard InChI is InChI=1S/C18H19N/c1-2-4-16(19)12-11-13-7-8-15-10-9-14-5-3-6-17(13)18(14)15/h3,5-8,16H,2,4,9-10,19H2,1H3. The third-order valence-electron chi connectivity index (χ3n) is 3.87. The van der Waals surface area contributed by atoms with Crippen LogP contribution in [0.25, 0.3) is 10.8 Å². The third kappa shape index (κ3) is 2.25. The lowest BCUT2D eigenvalue weighted by molar-refractivity contribution is 0.720. The van der Waals surface area contributed by atoms with Crippen LogP contribution in [0.5, 0.6) is 0 Å². The Bertz CT molecular complexity index is 663. The van der Waals surface area contributed by atoms with Gasteiger partial charge in [-0.1, -0.05) is 49.5 Å². The van der Waals surface area contributed by atoms with Gasteiger partial charge in [0.15, 0.2) is 0 Å². The van der Waals surface area contributed by atoms with Crippen LogP contribution in [-0.4, -0.2) is 6.04 Å². The number of benzene rings is 2. The molecule has 1 unspecified atom stereocenters. The summed E-state index contributed by atoms with van der Waals surface area (Å²) in [6.07, 6.45) is 4.38. The molecule has 1 atom stereocenters. The van der Waals surface area contributed by atoms with Gasteiger partial charge in [-0.25, -0.2) is 0 Å². The molecule has 0 amide bonds. The lowest BCUT2D eigenvalue weighted by atomic mass is 10.00. The fraction of sp³-hybridized carbons (Fsp3) is 0.333. The smallest absolute Gasteiger partial charge is 0.0668 e. The summed E-state index contributed by atoms with van der Waals surface area (Å²) in [6, 6.07) is 10.9. The zero-order valence-corrected chi connectivity index (χ0v) is 11.4. The summed E-state index contributed by atoms with van der Waals surface area (Å²) in [5.74, 6) is 6.46. The van der Waals surface area contributed by atoms with E-state index in [0.717, 1.165) is 18.4 Å². The molecule has 3 rings (SSSR count). The number of aryl methyl sites for hydroxylation is 2. The summed E-state index contributed by atoms with van der Waals surface area (Å²) >= 11 is 0. The molecular weight excluding hydrogens is 230 g/mol. The average molecular weight is 249 g/mol. The number of rotatable bonds is 2. The monoisotopic (exact) mass is 249 g/mol. The van der Waals surface area contributed by atoms with Gasteiger partial charge in [-0.2, -0.15) is 0 Å². The highest BCUT2D eigenvalue weighted by Crippen LogP contribution is 2.32. The first-order chi connectivity index (χ1) is 9.29. The van der Waals surface area contributed by atoms with Crippen molar-refractivity contribution in [1.82, 2.24) is 0 Å². The van der Waals surface area contributed by atoms with E-state index in [1.165, 1.54) is 34.7 Å². The van der Waals surface area contributed by atoms with Crippen LogP contribution in [0.3, 0.4) is 0 Å². The largest absolute Gasteiger partial charge is 0.318 e. The van der Waals surface area contributed by atoms with E-state index in [1.54, 1.807) is 0 Å². The molecule has 0 saturated carbocycles. The molecule has 0 bridgehead atoms. The van der Waals surface area contributed by atoms with Crippen LogP contribution in [0, 0.1) is 11.8 Å². The molecule has 2 aromatic rings. The topological polar surface area (TPSA) is 26.0 Å². The SMILES string of the molecule is CCCC(N)C#Cc1ccc2c3c(cccc13)CC2. The Labute approximate surface area is 114 Å². The Hall–Kier alpha value is -1.78. The van der Waals surface area contributed by atoms with Crippen LogP contribution in [0.2, 0.25) is 0 Å². The Kier molecular flexibility index (Phi) is 3.27. The molecule has 1 heteroatoms. The van der Waals surface area contributed by atoms with E-state index in [1.807, 2.05) is 0 Å². The van der Waals surface area contributed by atoms with Crippen molar-refractivity contribution in [2.45, 2.75) is 38.6 Å². The molecular formula is C18H19N. The highest BCUT2D eigenvalue weighted by atomic mass is 14.6. The van der Waals surface area contributed by atoms with Gasteiger partial charge in [0.05, 0.1) is 6.04 Å². The van der Waals surface area contributed by atoms with Gasteiger partial charge in [0.2, 0.25) is 0 Å². The minimum absolute atomic E-state index is 0.00645.